The standard InChI is InChI=1S/C13H21N3O2/c1-9(14)11-5-4-10(6-15-11)16-7-12(17-2)13(8-16)18-3/h4-6,9,12-13H,7-8,14H2,1-3H3/t9-,12?,13?/m0/s1. The molecule has 5 heteroatoms. The molecule has 100 valence electrons. The zero-order valence-electron chi connectivity index (χ0n) is 11.2. The predicted molar refractivity (Wildman–Crippen MR) is 70.6 cm³/mol. The van der Waals surface area contributed by atoms with E-state index in [-0.39, 0.29) is 18.2 Å². The molecular formula is C13H21N3O2. The first-order valence-corrected chi connectivity index (χ1v) is 6.17. The van der Waals surface area contributed by atoms with Crippen LogP contribution in [0.2, 0.25) is 0 Å². The highest BCUT2D eigenvalue weighted by atomic mass is 16.5. The van der Waals surface area contributed by atoms with Crippen LogP contribution in [0.4, 0.5) is 5.69 Å². The number of hydrogen-bond acceptors (Lipinski definition) is 5. The highest BCUT2D eigenvalue weighted by Crippen LogP contribution is 2.23. The molecule has 2 N–H and O–H groups in total. The molecule has 0 aliphatic carbocycles. The Bertz CT molecular complexity index is 368. The van der Waals surface area contributed by atoms with Crippen LogP contribution in [0.5, 0.6) is 0 Å². The number of ether oxygens (including phenoxy) is 2. The van der Waals surface area contributed by atoms with E-state index in [0.717, 1.165) is 24.5 Å². The molecule has 0 saturated carbocycles. The molecule has 0 aromatic carbocycles. The first-order chi connectivity index (χ1) is 8.65. The SMILES string of the molecule is COC1CN(c2ccc([C@H](C)N)nc2)CC1OC. The van der Waals surface area contributed by atoms with Gasteiger partial charge >= 0.3 is 0 Å². The van der Waals surface area contributed by atoms with Crippen molar-refractivity contribution in [2.75, 3.05) is 32.2 Å². The molecule has 0 amide bonds. The van der Waals surface area contributed by atoms with E-state index < -0.39 is 0 Å². The van der Waals surface area contributed by atoms with Crippen LogP contribution in [0.3, 0.4) is 0 Å². The van der Waals surface area contributed by atoms with Crippen LogP contribution < -0.4 is 10.6 Å². The summed E-state index contributed by atoms with van der Waals surface area (Å²) in [5.41, 5.74) is 7.78. The van der Waals surface area contributed by atoms with Gasteiger partial charge in [-0.15, -0.1) is 0 Å². The van der Waals surface area contributed by atoms with Crippen molar-refractivity contribution in [2.45, 2.75) is 25.2 Å². The lowest BCUT2D eigenvalue weighted by molar-refractivity contribution is -0.00461. The van der Waals surface area contributed by atoms with Crippen LogP contribution in [0, 0.1) is 0 Å². The van der Waals surface area contributed by atoms with Crippen LogP contribution in [0.1, 0.15) is 18.7 Å². The van der Waals surface area contributed by atoms with Gasteiger partial charge in [-0.1, -0.05) is 0 Å². The summed E-state index contributed by atoms with van der Waals surface area (Å²) in [6.45, 7) is 3.59. The zero-order valence-corrected chi connectivity index (χ0v) is 11.2. The third-order valence-electron chi connectivity index (χ3n) is 3.42. The highest BCUT2D eigenvalue weighted by Gasteiger charge is 2.33. The van der Waals surface area contributed by atoms with Crippen LogP contribution in [0.25, 0.3) is 0 Å². The summed E-state index contributed by atoms with van der Waals surface area (Å²) < 4.78 is 10.8. The molecule has 2 rings (SSSR count). The highest BCUT2D eigenvalue weighted by molar-refractivity contribution is 5.46. The summed E-state index contributed by atoms with van der Waals surface area (Å²) >= 11 is 0. The van der Waals surface area contributed by atoms with Crippen LogP contribution >= 0.6 is 0 Å². The van der Waals surface area contributed by atoms with Crippen molar-refractivity contribution in [1.29, 1.82) is 0 Å². The van der Waals surface area contributed by atoms with E-state index >= 15 is 0 Å². The van der Waals surface area contributed by atoms with Gasteiger partial charge in [0.25, 0.3) is 0 Å². The Labute approximate surface area is 108 Å². The zero-order chi connectivity index (χ0) is 13.1. The molecule has 5 nitrogen and oxygen atoms in total. The normalized spacial score (nSPS) is 25.4. The second-order valence-corrected chi connectivity index (χ2v) is 4.68. The van der Waals surface area contributed by atoms with Gasteiger partial charge in [-0.2, -0.15) is 0 Å². The maximum Gasteiger partial charge on any atom is 0.102 e. The Kier molecular flexibility index (Phi) is 4.16. The minimum absolute atomic E-state index is 0.0314. The average molecular weight is 251 g/mol. The van der Waals surface area contributed by atoms with Crippen molar-refractivity contribution in [1.82, 2.24) is 4.98 Å². The summed E-state index contributed by atoms with van der Waals surface area (Å²) in [6.07, 6.45) is 2.09. The molecule has 2 unspecified atom stereocenters. The van der Waals surface area contributed by atoms with Crippen molar-refractivity contribution in [3.8, 4) is 0 Å². The molecule has 2 heterocycles. The average Bonchev–Trinajstić information content (AvgIpc) is 2.82. The fourth-order valence-electron chi connectivity index (χ4n) is 2.26. The Balaban J connectivity index is 2.08. The Morgan fingerprint density at radius 1 is 1.28 bits per heavy atom. The lowest BCUT2D eigenvalue weighted by Gasteiger charge is -2.18. The maximum atomic E-state index is 5.79. The van der Waals surface area contributed by atoms with Gasteiger partial charge in [-0.25, -0.2) is 0 Å². The third-order valence-corrected chi connectivity index (χ3v) is 3.42. The minimum atomic E-state index is -0.0314. The number of nitrogens with zero attached hydrogens (tertiary/aromatic N) is 2. The third kappa shape index (κ3) is 2.63. The lowest BCUT2D eigenvalue weighted by Crippen LogP contribution is -2.27. The predicted octanol–water partition coefficient (Wildman–Crippen LogP) is 0.951. The van der Waals surface area contributed by atoms with Gasteiger partial charge in [0.2, 0.25) is 0 Å². The molecule has 1 aliphatic heterocycles. The van der Waals surface area contributed by atoms with Crippen LogP contribution in [0.15, 0.2) is 18.3 Å². The van der Waals surface area contributed by atoms with Crippen molar-refractivity contribution in [3.05, 3.63) is 24.0 Å². The Hall–Kier alpha value is -1.17. The molecular weight excluding hydrogens is 230 g/mol. The van der Waals surface area contributed by atoms with Crippen LogP contribution in [-0.4, -0.2) is 44.5 Å². The first kappa shape index (κ1) is 13.3. The van der Waals surface area contributed by atoms with E-state index in [1.807, 2.05) is 19.2 Å². The second-order valence-electron chi connectivity index (χ2n) is 4.68. The number of aromatic nitrogens is 1. The number of pyridine rings is 1. The molecule has 1 saturated heterocycles. The molecule has 3 atom stereocenters. The molecule has 1 aromatic rings. The molecule has 18 heavy (non-hydrogen) atoms. The topological polar surface area (TPSA) is 60.6 Å². The van der Waals surface area contributed by atoms with E-state index in [1.165, 1.54) is 0 Å². The van der Waals surface area contributed by atoms with Crippen molar-refractivity contribution < 1.29 is 9.47 Å². The van der Waals surface area contributed by atoms with Gasteiger partial charge in [0, 0.05) is 33.4 Å². The number of methoxy groups -OCH3 is 2. The first-order valence-electron chi connectivity index (χ1n) is 6.17. The number of anilines is 1. The van der Waals surface area contributed by atoms with Gasteiger partial charge < -0.3 is 20.1 Å². The molecule has 1 fully saturated rings. The molecule has 0 bridgehead atoms. The van der Waals surface area contributed by atoms with E-state index in [1.54, 1.807) is 14.2 Å². The number of rotatable bonds is 4. The lowest BCUT2D eigenvalue weighted by atomic mass is 10.2. The second kappa shape index (κ2) is 5.65. The smallest absolute Gasteiger partial charge is 0.102 e. The van der Waals surface area contributed by atoms with Gasteiger partial charge in [0.1, 0.15) is 12.2 Å². The summed E-state index contributed by atoms with van der Waals surface area (Å²) in [5, 5.41) is 0. The van der Waals surface area contributed by atoms with E-state index in [4.69, 9.17) is 15.2 Å². The monoisotopic (exact) mass is 251 g/mol. The summed E-state index contributed by atoms with van der Waals surface area (Å²) in [5.74, 6) is 0. The van der Waals surface area contributed by atoms with E-state index in [9.17, 15) is 0 Å². The molecule has 1 aromatic heterocycles. The van der Waals surface area contributed by atoms with Gasteiger partial charge in [0.05, 0.1) is 17.6 Å². The largest absolute Gasteiger partial charge is 0.377 e. The van der Waals surface area contributed by atoms with Gasteiger partial charge in [-0.05, 0) is 19.1 Å². The van der Waals surface area contributed by atoms with Gasteiger partial charge in [0.15, 0.2) is 0 Å². The van der Waals surface area contributed by atoms with Crippen molar-refractivity contribution in [3.63, 3.8) is 0 Å². The van der Waals surface area contributed by atoms with E-state index in [0.29, 0.717) is 0 Å². The minimum Gasteiger partial charge on any atom is -0.377 e. The fourth-order valence-corrected chi connectivity index (χ4v) is 2.26. The molecule has 1 aliphatic rings. The fraction of sp³-hybridized carbons (Fsp3) is 0.615. The molecule has 0 radical (unpaired) electrons. The summed E-state index contributed by atoms with van der Waals surface area (Å²) in [4.78, 5) is 6.60. The summed E-state index contributed by atoms with van der Waals surface area (Å²) in [7, 11) is 3.44. The summed E-state index contributed by atoms with van der Waals surface area (Å²) in [6, 6.07) is 3.99. The van der Waals surface area contributed by atoms with Gasteiger partial charge in [-0.3, -0.25) is 4.98 Å². The quantitative estimate of drug-likeness (QED) is 0.863. The molecule has 0 spiro atoms. The van der Waals surface area contributed by atoms with E-state index in [2.05, 4.69) is 16.0 Å². The van der Waals surface area contributed by atoms with Crippen LogP contribution in [-0.2, 0) is 9.47 Å². The Morgan fingerprint density at radius 3 is 2.28 bits per heavy atom. The van der Waals surface area contributed by atoms with Crippen molar-refractivity contribution in [2.24, 2.45) is 5.73 Å². The Morgan fingerprint density at radius 2 is 1.89 bits per heavy atom. The number of hydrogen-bond donors (Lipinski definition) is 1. The maximum absolute atomic E-state index is 5.79. The number of nitrogens with two attached hydrogens (primary N) is 1. The van der Waals surface area contributed by atoms with Crippen molar-refractivity contribution >= 4 is 5.69 Å².